The smallest absolute Gasteiger partial charge is 0.123 e. The molecule has 2 saturated heterocycles. The van der Waals surface area contributed by atoms with Gasteiger partial charge in [-0.2, -0.15) is 5.26 Å². The van der Waals surface area contributed by atoms with Crippen LogP contribution in [0.4, 0.5) is 0 Å². The standard InChI is InChI=1S/C19H28N4O/c1-17(16-21-11-13-24-14-12-21)22-7-9-23(10-8-22)19(15-20)18-5-3-2-4-6-18/h2-6,17,19H,7-14,16H2,1H3/t17-,19+/m0/s1. The maximum Gasteiger partial charge on any atom is 0.123 e. The monoisotopic (exact) mass is 328 g/mol. The van der Waals surface area contributed by atoms with Crippen molar-refractivity contribution >= 4 is 0 Å². The molecule has 0 radical (unpaired) electrons. The first-order chi connectivity index (χ1) is 11.8. The van der Waals surface area contributed by atoms with E-state index in [9.17, 15) is 5.26 Å². The van der Waals surface area contributed by atoms with E-state index in [4.69, 9.17) is 4.74 Å². The number of rotatable bonds is 5. The fourth-order valence-electron chi connectivity index (χ4n) is 3.71. The van der Waals surface area contributed by atoms with Gasteiger partial charge in [0.15, 0.2) is 0 Å². The SMILES string of the molecule is C[C@@H](CN1CCOCC1)N1CCN([C@H](C#N)c2ccccc2)CC1. The lowest BCUT2D eigenvalue weighted by Gasteiger charge is -2.41. The third-order valence-corrected chi connectivity index (χ3v) is 5.20. The fraction of sp³-hybridized carbons (Fsp3) is 0.632. The Labute approximate surface area is 145 Å². The summed E-state index contributed by atoms with van der Waals surface area (Å²) >= 11 is 0. The second-order valence-electron chi connectivity index (χ2n) is 6.78. The molecule has 2 aliphatic rings. The number of hydrogen-bond acceptors (Lipinski definition) is 5. The molecule has 0 amide bonds. The topological polar surface area (TPSA) is 42.7 Å². The molecule has 1 aromatic carbocycles. The Morgan fingerprint density at radius 1 is 1.00 bits per heavy atom. The molecule has 5 nitrogen and oxygen atoms in total. The van der Waals surface area contributed by atoms with Gasteiger partial charge in [-0.05, 0) is 12.5 Å². The largest absolute Gasteiger partial charge is 0.379 e. The van der Waals surface area contributed by atoms with E-state index in [2.05, 4.69) is 39.8 Å². The lowest BCUT2D eigenvalue weighted by atomic mass is 10.1. The molecular formula is C19H28N4O. The molecule has 2 aliphatic heterocycles. The molecule has 130 valence electrons. The van der Waals surface area contributed by atoms with Crippen LogP contribution in [0.1, 0.15) is 18.5 Å². The van der Waals surface area contributed by atoms with Crippen LogP contribution >= 0.6 is 0 Å². The summed E-state index contributed by atoms with van der Waals surface area (Å²) in [6, 6.07) is 13.1. The zero-order valence-corrected chi connectivity index (χ0v) is 14.6. The second kappa shape index (κ2) is 8.59. The van der Waals surface area contributed by atoms with Crippen LogP contribution in [-0.4, -0.2) is 79.8 Å². The predicted molar refractivity (Wildman–Crippen MR) is 94.7 cm³/mol. The quantitative estimate of drug-likeness (QED) is 0.821. The maximum absolute atomic E-state index is 9.60. The molecule has 2 fully saturated rings. The Hall–Kier alpha value is -1.45. The van der Waals surface area contributed by atoms with Gasteiger partial charge in [-0.15, -0.1) is 0 Å². The van der Waals surface area contributed by atoms with Gasteiger partial charge in [0.05, 0.1) is 19.3 Å². The molecular weight excluding hydrogens is 300 g/mol. The van der Waals surface area contributed by atoms with Crippen LogP contribution in [0, 0.1) is 11.3 Å². The van der Waals surface area contributed by atoms with Crippen molar-refractivity contribution in [1.82, 2.24) is 14.7 Å². The van der Waals surface area contributed by atoms with Crippen molar-refractivity contribution in [1.29, 1.82) is 5.26 Å². The summed E-state index contributed by atoms with van der Waals surface area (Å²) in [7, 11) is 0. The van der Waals surface area contributed by atoms with E-state index in [-0.39, 0.29) is 6.04 Å². The van der Waals surface area contributed by atoms with Crippen molar-refractivity contribution < 1.29 is 4.74 Å². The normalized spacial score (nSPS) is 23.5. The highest BCUT2D eigenvalue weighted by atomic mass is 16.5. The molecule has 0 bridgehead atoms. The van der Waals surface area contributed by atoms with Gasteiger partial charge in [-0.25, -0.2) is 0 Å². The number of hydrogen-bond donors (Lipinski definition) is 0. The van der Waals surface area contributed by atoms with Crippen molar-refractivity contribution in [3.05, 3.63) is 35.9 Å². The van der Waals surface area contributed by atoms with Crippen molar-refractivity contribution in [3.8, 4) is 6.07 Å². The highest BCUT2D eigenvalue weighted by molar-refractivity contribution is 5.24. The molecule has 1 aromatic rings. The van der Waals surface area contributed by atoms with Gasteiger partial charge in [0.25, 0.3) is 0 Å². The number of piperazine rings is 1. The number of morpholine rings is 1. The summed E-state index contributed by atoms with van der Waals surface area (Å²) in [5, 5.41) is 9.60. The maximum atomic E-state index is 9.60. The molecule has 0 spiro atoms. The van der Waals surface area contributed by atoms with E-state index in [0.717, 1.165) is 64.6 Å². The lowest BCUT2D eigenvalue weighted by Crippen LogP contribution is -2.53. The minimum Gasteiger partial charge on any atom is -0.379 e. The minimum absolute atomic E-state index is 0.122. The van der Waals surface area contributed by atoms with Gasteiger partial charge < -0.3 is 4.74 Å². The predicted octanol–water partition coefficient (Wildman–Crippen LogP) is 1.59. The Bertz CT molecular complexity index is 530. The fourth-order valence-corrected chi connectivity index (χ4v) is 3.71. The van der Waals surface area contributed by atoms with E-state index in [1.165, 1.54) is 0 Å². The van der Waals surface area contributed by atoms with Crippen LogP contribution in [0.15, 0.2) is 30.3 Å². The van der Waals surface area contributed by atoms with Gasteiger partial charge in [0.1, 0.15) is 6.04 Å². The number of ether oxygens (including phenoxy) is 1. The highest BCUT2D eigenvalue weighted by Gasteiger charge is 2.27. The molecule has 0 saturated carbocycles. The molecule has 0 aliphatic carbocycles. The molecule has 24 heavy (non-hydrogen) atoms. The molecule has 0 N–H and O–H groups in total. The van der Waals surface area contributed by atoms with Crippen LogP contribution < -0.4 is 0 Å². The molecule has 5 heteroatoms. The summed E-state index contributed by atoms with van der Waals surface area (Å²) in [6.07, 6.45) is 0. The number of benzene rings is 1. The number of nitrogens with zero attached hydrogens (tertiary/aromatic N) is 4. The third-order valence-electron chi connectivity index (χ3n) is 5.20. The summed E-state index contributed by atoms with van der Waals surface area (Å²) in [6.45, 7) is 11.3. The average Bonchev–Trinajstić information content (AvgIpc) is 2.65. The van der Waals surface area contributed by atoms with Gasteiger partial charge in [-0.3, -0.25) is 14.7 Å². The van der Waals surface area contributed by atoms with E-state index in [0.29, 0.717) is 6.04 Å². The minimum atomic E-state index is -0.122. The molecule has 3 rings (SSSR count). The van der Waals surface area contributed by atoms with E-state index >= 15 is 0 Å². The van der Waals surface area contributed by atoms with E-state index < -0.39 is 0 Å². The summed E-state index contributed by atoms with van der Waals surface area (Å²) in [4.78, 5) is 7.38. The molecule has 2 heterocycles. The molecule has 0 aromatic heterocycles. The molecule has 2 atom stereocenters. The van der Waals surface area contributed by atoms with E-state index in [1.807, 2.05) is 18.2 Å². The Morgan fingerprint density at radius 2 is 1.62 bits per heavy atom. The third kappa shape index (κ3) is 4.34. The van der Waals surface area contributed by atoms with Crippen molar-refractivity contribution in [3.63, 3.8) is 0 Å². The van der Waals surface area contributed by atoms with Crippen molar-refractivity contribution in [2.24, 2.45) is 0 Å². The van der Waals surface area contributed by atoms with Gasteiger partial charge in [-0.1, -0.05) is 30.3 Å². The lowest BCUT2D eigenvalue weighted by molar-refractivity contribution is 0.0159. The van der Waals surface area contributed by atoms with Crippen LogP contribution in [0.3, 0.4) is 0 Å². The van der Waals surface area contributed by atoms with Gasteiger partial charge in [0.2, 0.25) is 0 Å². The second-order valence-corrected chi connectivity index (χ2v) is 6.78. The Balaban J connectivity index is 1.50. The summed E-state index contributed by atoms with van der Waals surface area (Å²) in [5.74, 6) is 0. The van der Waals surface area contributed by atoms with E-state index in [1.54, 1.807) is 0 Å². The first kappa shape index (κ1) is 17.4. The van der Waals surface area contributed by atoms with Crippen LogP contribution in [0.2, 0.25) is 0 Å². The number of nitriles is 1. The Kier molecular flexibility index (Phi) is 6.22. The van der Waals surface area contributed by atoms with Crippen LogP contribution in [0.5, 0.6) is 0 Å². The first-order valence-electron chi connectivity index (χ1n) is 9.00. The van der Waals surface area contributed by atoms with Crippen molar-refractivity contribution in [2.45, 2.75) is 19.0 Å². The zero-order chi connectivity index (χ0) is 16.8. The average molecular weight is 328 g/mol. The zero-order valence-electron chi connectivity index (χ0n) is 14.6. The van der Waals surface area contributed by atoms with Gasteiger partial charge >= 0.3 is 0 Å². The summed E-state index contributed by atoms with van der Waals surface area (Å²) in [5.41, 5.74) is 1.11. The van der Waals surface area contributed by atoms with Gasteiger partial charge in [0, 0.05) is 51.9 Å². The van der Waals surface area contributed by atoms with Crippen LogP contribution in [0.25, 0.3) is 0 Å². The van der Waals surface area contributed by atoms with Crippen molar-refractivity contribution in [2.75, 3.05) is 59.0 Å². The molecule has 0 unspecified atom stereocenters. The first-order valence-corrected chi connectivity index (χ1v) is 9.00. The van der Waals surface area contributed by atoms with Crippen LogP contribution in [-0.2, 0) is 4.74 Å². The highest BCUT2D eigenvalue weighted by Crippen LogP contribution is 2.22. The summed E-state index contributed by atoms with van der Waals surface area (Å²) < 4.78 is 5.43. The Morgan fingerprint density at radius 3 is 2.25 bits per heavy atom.